The molecule has 2 N–H and O–H groups in total. The van der Waals surface area contributed by atoms with Gasteiger partial charge in [0.1, 0.15) is 6.04 Å². The first-order valence-electron chi connectivity index (χ1n) is 6.95. The number of carbonyl (C=O) groups is 1. The van der Waals surface area contributed by atoms with E-state index in [1.54, 1.807) is 6.92 Å². The van der Waals surface area contributed by atoms with E-state index in [4.69, 9.17) is 0 Å². The Kier molecular flexibility index (Phi) is 5.33. The number of nitro groups is 1. The molecule has 7 heteroatoms. The van der Waals surface area contributed by atoms with E-state index in [-0.39, 0.29) is 11.6 Å². The number of halogens is 1. The van der Waals surface area contributed by atoms with Crippen LogP contribution in [0, 0.1) is 17.0 Å². The highest BCUT2D eigenvalue weighted by atomic mass is 79.9. The van der Waals surface area contributed by atoms with Crippen molar-refractivity contribution in [3.63, 3.8) is 0 Å². The molecule has 0 aromatic heterocycles. The van der Waals surface area contributed by atoms with Crippen LogP contribution in [0.15, 0.2) is 46.9 Å². The number of hydrogen-bond donors (Lipinski definition) is 2. The number of nitrogens with one attached hydrogen (secondary N) is 2. The molecule has 1 atom stereocenters. The van der Waals surface area contributed by atoms with Gasteiger partial charge in [-0.05, 0) is 43.7 Å². The van der Waals surface area contributed by atoms with E-state index in [1.165, 1.54) is 24.3 Å². The summed E-state index contributed by atoms with van der Waals surface area (Å²) in [7, 11) is 0. The summed E-state index contributed by atoms with van der Waals surface area (Å²) < 4.78 is 0.963. The normalized spacial score (nSPS) is 11.6. The van der Waals surface area contributed by atoms with E-state index in [1.807, 2.05) is 25.1 Å². The topological polar surface area (TPSA) is 84.3 Å². The van der Waals surface area contributed by atoms with Crippen molar-refractivity contribution in [2.24, 2.45) is 0 Å². The standard InChI is InChI=1S/C16H16BrN3O3/c1-10-3-4-13(9-15(10)17)18-11(2)16(21)19-12-5-7-14(8-6-12)20(22)23/h3-9,11,18H,1-2H3,(H,19,21). The van der Waals surface area contributed by atoms with Gasteiger partial charge in [-0.15, -0.1) is 0 Å². The fourth-order valence-corrected chi connectivity index (χ4v) is 2.29. The van der Waals surface area contributed by atoms with E-state index in [0.29, 0.717) is 5.69 Å². The second kappa shape index (κ2) is 7.23. The number of nitrogens with zero attached hydrogens (tertiary/aromatic N) is 1. The maximum atomic E-state index is 12.2. The van der Waals surface area contributed by atoms with Gasteiger partial charge in [0, 0.05) is 28.0 Å². The van der Waals surface area contributed by atoms with Crippen LogP contribution in [0.3, 0.4) is 0 Å². The Morgan fingerprint density at radius 3 is 2.35 bits per heavy atom. The number of carbonyl (C=O) groups excluding carboxylic acids is 1. The lowest BCUT2D eigenvalue weighted by Crippen LogP contribution is -2.31. The summed E-state index contributed by atoms with van der Waals surface area (Å²) in [4.78, 5) is 22.3. The summed E-state index contributed by atoms with van der Waals surface area (Å²) in [5, 5.41) is 16.4. The number of aryl methyl sites for hydroxylation is 1. The summed E-state index contributed by atoms with van der Waals surface area (Å²) in [5.41, 5.74) is 2.44. The first-order valence-corrected chi connectivity index (χ1v) is 7.74. The van der Waals surface area contributed by atoms with Crippen LogP contribution >= 0.6 is 15.9 Å². The quantitative estimate of drug-likeness (QED) is 0.606. The maximum Gasteiger partial charge on any atom is 0.269 e. The van der Waals surface area contributed by atoms with E-state index in [0.717, 1.165) is 15.7 Å². The number of nitro benzene ring substituents is 1. The fraction of sp³-hybridized carbons (Fsp3) is 0.188. The molecule has 0 spiro atoms. The average molecular weight is 378 g/mol. The van der Waals surface area contributed by atoms with Gasteiger partial charge in [0.2, 0.25) is 5.91 Å². The van der Waals surface area contributed by atoms with Crippen LogP contribution in [0.1, 0.15) is 12.5 Å². The SMILES string of the molecule is Cc1ccc(NC(C)C(=O)Nc2ccc([N+](=O)[O-])cc2)cc1Br. The Balaban J connectivity index is 1.99. The molecule has 0 aliphatic carbocycles. The zero-order valence-corrected chi connectivity index (χ0v) is 14.3. The highest BCUT2D eigenvalue weighted by Gasteiger charge is 2.14. The van der Waals surface area contributed by atoms with Gasteiger partial charge in [-0.1, -0.05) is 22.0 Å². The molecule has 0 saturated heterocycles. The molecule has 2 rings (SSSR count). The molecule has 1 unspecified atom stereocenters. The van der Waals surface area contributed by atoms with Crippen molar-refractivity contribution in [1.29, 1.82) is 0 Å². The Hall–Kier alpha value is -2.41. The third-order valence-electron chi connectivity index (χ3n) is 3.29. The third-order valence-corrected chi connectivity index (χ3v) is 4.15. The highest BCUT2D eigenvalue weighted by Crippen LogP contribution is 2.21. The van der Waals surface area contributed by atoms with Crippen molar-refractivity contribution in [3.05, 3.63) is 62.6 Å². The second-order valence-corrected chi connectivity index (χ2v) is 5.98. The Bertz CT molecular complexity index is 732. The molecule has 2 aromatic rings. The van der Waals surface area contributed by atoms with Crippen LogP contribution in [-0.2, 0) is 4.79 Å². The van der Waals surface area contributed by atoms with E-state index >= 15 is 0 Å². The summed E-state index contributed by atoms with van der Waals surface area (Å²) in [5.74, 6) is -0.226. The van der Waals surface area contributed by atoms with Crippen molar-refractivity contribution in [2.75, 3.05) is 10.6 Å². The van der Waals surface area contributed by atoms with Gasteiger partial charge >= 0.3 is 0 Å². The van der Waals surface area contributed by atoms with Crippen LogP contribution in [0.25, 0.3) is 0 Å². The summed E-state index contributed by atoms with van der Waals surface area (Å²) in [6.45, 7) is 3.73. The molecule has 0 fully saturated rings. The molecular formula is C16H16BrN3O3. The number of benzene rings is 2. The average Bonchev–Trinajstić information content (AvgIpc) is 2.51. The number of rotatable bonds is 5. The number of anilines is 2. The van der Waals surface area contributed by atoms with E-state index < -0.39 is 11.0 Å². The predicted molar refractivity (Wildman–Crippen MR) is 93.7 cm³/mol. The minimum absolute atomic E-state index is 0.0151. The molecule has 120 valence electrons. The van der Waals surface area contributed by atoms with Crippen LogP contribution in [0.2, 0.25) is 0 Å². The lowest BCUT2D eigenvalue weighted by Gasteiger charge is -2.16. The Morgan fingerprint density at radius 2 is 1.78 bits per heavy atom. The van der Waals surface area contributed by atoms with Gasteiger partial charge in [0.25, 0.3) is 5.69 Å². The van der Waals surface area contributed by atoms with Crippen molar-refractivity contribution >= 4 is 38.9 Å². The van der Waals surface area contributed by atoms with Gasteiger partial charge in [0.15, 0.2) is 0 Å². The molecule has 2 aromatic carbocycles. The highest BCUT2D eigenvalue weighted by molar-refractivity contribution is 9.10. The minimum Gasteiger partial charge on any atom is -0.374 e. The molecule has 23 heavy (non-hydrogen) atoms. The molecule has 6 nitrogen and oxygen atoms in total. The lowest BCUT2D eigenvalue weighted by molar-refractivity contribution is -0.384. The van der Waals surface area contributed by atoms with Gasteiger partial charge in [0.05, 0.1) is 4.92 Å². The lowest BCUT2D eigenvalue weighted by atomic mass is 10.2. The number of non-ortho nitro benzene ring substituents is 1. The molecule has 0 saturated carbocycles. The zero-order chi connectivity index (χ0) is 17.0. The van der Waals surface area contributed by atoms with Crippen molar-refractivity contribution < 1.29 is 9.72 Å². The maximum absolute atomic E-state index is 12.2. The molecule has 0 heterocycles. The van der Waals surface area contributed by atoms with Crippen LogP contribution < -0.4 is 10.6 Å². The van der Waals surface area contributed by atoms with E-state index in [2.05, 4.69) is 26.6 Å². The first kappa shape index (κ1) is 17.0. The first-order chi connectivity index (χ1) is 10.9. The van der Waals surface area contributed by atoms with Gasteiger partial charge in [-0.3, -0.25) is 14.9 Å². The zero-order valence-electron chi connectivity index (χ0n) is 12.7. The Morgan fingerprint density at radius 1 is 1.17 bits per heavy atom. The van der Waals surface area contributed by atoms with Crippen molar-refractivity contribution in [3.8, 4) is 0 Å². The molecule has 1 amide bonds. The molecule has 0 bridgehead atoms. The summed E-state index contributed by atoms with van der Waals surface area (Å²) >= 11 is 3.45. The molecule has 0 aliphatic rings. The number of hydrogen-bond acceptors (Lipinski definition) is 4. The monoisotopic (exact) mass is 377 g/mol. The van der Waals surface area contributed by atoms with Crippen molar-refractivity contribution in [2.45, 2.75) is 19.9 Å². The predicted octanol–water partition coefficient (Wildman–Crippen LogP) is 4.10. The van der Waals surface area contributed by atoms with E-state index in [9.17, 15) is 14.9 Å². The number of amides is 1. The fourth-order valence-electron chi connectivity index (χ4n) is 1.92. The smallest absolute Gasteiger partial charge is 0.269 e. The minimum atomic E-state index is -0.481. The van der Waals surface area contributed by atoms with Gasteiger partial charge in [-0.25, -0.2) is 0 Å². The van der Waals surface area contributed by atoms with Crippen molar-refractivity contribution in [1.82, 2.24) is 0 Å². The molecular weight excluding hydrogens is 362 g/mol. The van der Waals surface area contributed by atoms with Gasteiger partial charge < -0.3 is 10.6 Å². The van der Waals surface area contributed by atoms with Crippen LogP contribution in [0.4, 0.5) is 17.1 Å². The van der Waals surface area contributed by atoms with Crippen LogP contribution in [-0.4, -0.2) is 16.9 Å². The second-order valence-electron chi connectivity index (χ2n) is 5.12. The Labute approximate surface area is 142 Å². The molecule has 0 radical (unpaired) electrons. The summed E-state index contributed by atoms with van der Waals surface area (Å²) in [6.07, 6.45) is 0. The van der Waals surface area contributed by atoms with Crippen LogP contribution in [0.5, 0.6) is 0 Å². The summed E-state index contributed by atoms with van der Waals surface area (Å²) in [6, 6.07) is 11.0. The molecule has 0 aliphatic heterocycles. The third kappa shape index (κ3) is 4.53. The van der Waals surface area contributed by atoms with Gasteiger partial charge in [-0.2, -0.15) is 0 Å². The largest absolute Gasteiger partial charge is 0.374 e.